The van der Waals surface area contributed by atoms with E-state index < -0.39 is 5.60 Å². The molecule has 0 aromatic carbocycles. The molecule has 0 heterocycles. The maximum atomic E-state index is 11.8. The molecule has 17 heavy (non-hydrogen) atoms. The predicted molar refractivity (Wildman–Crippen MR) is 66.5 cm³/mol. The van der Waals surface area contributed by atoms with Gasteiger partial charge in [0.05, 0.1) is 5.60 Å². The molecule has 1 unspecified atom stereocenters. The summed E-state index contributed by atoms with van der Waals surface area (Å²) in [7, 11) is 0. The van der Waals surface area contributed by atoms with Crippen LogP contribution in [0.2, 0.25) is 0 Å². The summed E-state index contributed by atoms with van der Waals surface area (Å²) in [6, 6.07) is 0. The number of hydrogen-bond donors (Lipinski definition) is 1. The summed E-state index contributed by atoms with van der Waals surface area (Å²) >= 11 is 0. The van der Waals surface area contributed by atoms with Gasteiger partial charge in [-0.25, -0.2) is 0 Å². The zero-order valence-electron chi connectivity index (χ0n) is 11.3. The van der Waals surface area contributed by atoms with Crippen LogP contribution >= 0.6 is 0 Å². The first kappa shape index (κ1) is 11.5. The minimum Gasteiger partial charge on any atom is -0.390 e. The molecule has 3 aliphatic rings. The number of allylic oxidation sites excluding steroid dienone is 2. The van der Waals surface area contributed by atoms with Crippen molar-refractivity contribution in [1.82, 2.24) is 0 Å². The highest BCUT2D eigenvalue weighted by molar-refractivity contribution is 5.97. The van der Waals surface area contributed by atoms with E-state index in [9.17, 15) is 9.90 Å². The summed E-state index contributed by atoms with van der Waals surface area (Å²) in [5.41, 5.74) is 1.98. The highest BCUT2D eigenvalue weighted by Gasteiger charge is 2.73. The van der Waals surface area contributed by atoms with Crippen molar-refractivity contribution in [2.45, 2.75) is 59.0 Å². The zero-order valence-corrected chi connectivity index (χ0v) is 11.3. The van der Waals surface area contributed by atoms with Crippen LogP contribution in [0.1, 0.15) is 53.4 Å². The van der Waals surface area contributed by atoms with Gasteiger partial charge in [-0.1, -0.05) is 12.5 Å². The minimum absolute atomic E-state index is 0.0585. The van der Waals surface area contributed by atoms with Crippen LogP contribution in [-0.4, -0.2) is 16.5 Å². The molecule has 2 heteroatoms. The summed E-state index contributed by atoms with van der Waals surface area (Å²) in [5, 5.41) is 10.4. The molecule has 3 aliphatic carbocycles. The number of ketones is 1. The second-order valence-electron chi connectivity index (χ2n) is 7.09. The molecule has 2 fully saturated rings. The molecule has 0 aliphatic heterocycles. The van der Waals surface area contributed by atoms with Crippen LogP contribution in [0, 0.1) is 16.7 Å². The maximum absolute atomic E-state index is 11.8. The van der Waals surface area contributed by atoms with Crippen LogP contribution in [0.15, 0.2) is 11.1 Å². The highest BCUT2D eigenvalue weighted by atomic mass is 16.3. The highest BCUT2D eigenvalue weighted by Crippen LogP contribution is 2.78. The summed E-state index contributed by atoms with van der Waals surface area (Å²) in [5.74, 6) is 0.915. The lowest BCUT2D eigenvalue weighted by Gasteiger charge is -2.34. The molecule has 0 amide bonds. The lowest BCUT2D eigenvalue weighted by Crippen LogP contribution is -2.32. The Hall–Kier alpha value is -0.630. The van der Waals surface area contributed by atoms with Crippen LogP contribution in [-0.2, 0) is 4.79 Å². The second-order valence-corrected chi connectivity index (χ2v) is 7.09. The molecule has 94 valence electrons. The van der Waals surface area contributed by atoms with Crippen molar-refractivity contribution in [3.05, 3.63) is 11.1 Å². The maximum Gasteiger partial charge on any atom is 0.158 e. The fourth-order valence-corrected chi connectivity index (χ4v) is 4.57. The van der Waals surface area contributed by atoms with Gasteiger partial charge in [-0.15, -0.1) is 0 Å². The molecule has 0 spiro atoms. The molecular weight excluding hydrogens is 212 g/mol. The van der Waals surface area contributed by atoms with E-state index in [1.54, 1.807) is 0 Å². The molecule has 3 atom stereocenters. The summed E-state index contributed by atoms with van der Waals surface area (Å²) in [6.45, 7) is 8.16. The monoisotopic (exact) mass is 234 g/mol. The molecule has 0 bridgehead atoms. The predicted octanol–water partition coefficient (Wildman–Crippen LogP) is 2.85. The van der Waals surface area contributed by atoms with E-state index in [4.69, 9.17) is 0 Å². The SMILES string of the molecule is CC1=C2C[C@]3(C(C)(C)O)CC3[C@@]2(C)CCC1=O. The molecule has 3 rings (SSSR count). The van der Waals surface area contributed by atoms with Crippen molar-refractivity contribution in [2.24, 2.45) is 16.7 Å². The summed E-state index contributed by atoms with van der Waals surface area (Å²) < 4.78 is 0. The van der Waals surface area contributed by atoms with E-state index in [2.05, 4.69) is 6.92 Å². The number of rotatable bonds is 1. The first-order chi connectivity index (χ1) is 7.72. The first-order valence-corrected chi connectivity index (χ1v) is 6.68. The normalized spacial score (nSPS) is 44.8. The van der Waals surface area contributed by atoms with Gasteiger partial charge in [0, 0.05) is 11.8 Å². The van der Waals surface area contributed by atoms with Gasteiger partial charge in [0.25, 0.3) is 0 Å². The van der Waals surface area contributed by atoms with Gasteiger partial charge >= 0.3 is 0 Å². The van der Waals surface area contributed by atoms with Crippen LogP contribution in [0.5, 0.6) is 0 Å². The standard InChI is InChI=1S/C15H22O2/c1-9-10-7-15(13(2,3)17)8-12(15)14(10,4)6-5-11(9)16/h12,17H,5-8H2,1-4H3/t12?,14-,15-/m0/s1. The Labute approximate surface area is 103 Å². The largest absolute Gasteiger partial charge is 0.390 e. The molecule has 2 nitrogen and oxygen atoms in total. The van der Waals surface area contributed by atoms with Gasteiger partial charge in [-0.3, -0.25) is 4.79 Å². The Morgan fingerprint density at radius 2 is 2.06 bits per heavy atom. The average molecular weight is 234 g/mol. The number of fused-ring (bicyclic) bond motifs is 3. The van der Waals surface area contributed by atoms with Gasteiger partial charge in [0.1, 0.15) is 0 Å². The van der Waals surface area contributed by atoms with Gasteiger partial charge in [0.15, 0.2) is 5.78 Å². The second kappa shape index (κ2) is 2.85. The van der Waals surface area contributed by atoms with E-state index >= 15 is 0 Å². The third-order valence-corrected chi connectivity index (χ3v) is 5.99. The number of Topliss-reactive ketones (excluding diaryl/α,β-unsaturated/α-hetero) is 1. The van der Waals surface area contributed by atoms with Crippen LogP contribution in [0.3, 0.4) is 0 Å². The van der Waals surface area contributed by atoms with E-state index in [1.165, 1.54) is 5.57 Å². The quantitative estimate of drug-likeness (QED) is 0.757. The Balaban J connectivity index is 2.08. The topological polar surface area (TPSA) is 37.3 Å². The van der Waals surface area contributed by atoms with E-state index in [0.29, 0.717) is 18.1 Å². The third-order valence-electron chi connectivity index (χ3n) is 5.99. The molecule has 0 aromatic rings. The first-order valence-electron chi connectivity index (χ1n) is 6.68. The van der Waals surface area contributed by atoms with Gasteiger partial charge in [0.2, 0.25) is 0 Å². The summed E-state index contributed by atoms with van der Waals surface area (Å²) in [4.78, 5) is 11.8. The van der Waals surface area contributed by atoms with Crippen LogP contribution in [0.25, 0.3) is 0 Å². The Kier molecular flexibility index (Phi) is 1.92. The molecule has 0 radical (unpaired) electrons. The van der Waals surface area contributed by atoms with Crippen LogP contribution < -0.4 is 0 Å². The van der Waals surface area contributed by atoms with Gasteiger partial charge in [-0.2, -0.15) is 0 Å². The molecule has 1 N–H and O–H groups in total. The van der Waals surface area contributed by atoms with Crippen LogP contribution in [0.4, 0.5) is 0 Å². The number of carbonyl (C=O) groups excluding carboxylic acids is 1. The van der Waals surface area contributed by atoms with E-state index in [0.717, 1.165) is 24.8 Å². The van der Waals surface area contributed by atoms with Crippen molar-refractivity contribution in [2.75, 3.05) is 0 Å². The molecular formula is C15H22O2. The molecule has 2 saturated carbocycles. The fraction of sp³-hybridized carbons (Fsp3) is 0.800. The zero-order chi connectivity index (χ0) is 12.6. The number of aliphatic hydroxyl groups is 1. The fourth-order valence-electron chi connectivity index (χ4n) is 4.57. The Morgan fingerprint density at radius 3 is 2.65 bits per heavy atom. The lowest BCUT2D eigenvalue weighted by molar-refractivity contribution is -0.116. The van der Waals surface area contributed by atoms with E-state index in [-0.39, 0.29) is 10.8 Å². The number of carbonyl (C=O) groups is 1. The average Bonchev–Trinajstić information content (AvgIpc) is 2.90. The van der Waals surface area contributed by atoms with E-state index in [1.807, 2.05) is 20.8 Å². The van der Waals surface area contributed by atoms with Crippen molar-refractivity contribution in [3.8, 4) is 0 Å². The number of hydrogen-bond acceptors (Lipinski definition) is 2. The van der Waals surface area contributed by atoms with Crippen molar-refractivity contribution in [3.63, 3.8) is 0 Å². The smallest absolute Gasteiger partial charge is 0.158 e. The lowest BCUT2D eigenvalue weighted by atomic mass is 9.70. The Morgan fingerprint density at radius 1 is 1.41 bits per heavy atom. The summed E-state index contributed by atoms with van der Waals surface area (Å²) in [6.07, 6.45) is 3.76. The van der Waals surface area contributed by atoms with Gasteiger partial charge in [-0.05, 0) is 56.9 Å². The molecule has 0 saturated heterocycles. The van der Waals surface area contributed by atoms with Gasteiger partial charge < -0.3 is 5.11 Å². The third kappa shape index (κ3) is 1.17. The Bertz CT molecular complexity index is 440. The molecule has 0 aromatic heterocycles. The van der Waals surface area contributed by atoms with Crippen molar-refractivity contribution < 1.29 is 9.90 Å². The van der Waals surface area contributed by atoms with Crippen molar-refractivity contribution >= 4 is 5.78 Å². The van der Waals surface area contributed by atoms with Crippen molar-refractivity contribution in [1.29, 1.82) is 0 Å². The minimum atomic E-state index is -0.617.